The van der Waals surface area contributed by atoms with E-state index in [9.17, 15) is 17.2 Å². The standard InChI is InChI=1S/C17H24F2N2O4S/c18-14-1-2-17(16(19)13-14)26(22,23)21(15-3-9-24-10-4-15)6-5-20-7-11-25-12-8-20/h1-2,13,15H,3-12H2. The van der Waals surface area contributed by atoms with Gasteiger partial charge in [0.05, 0.1) is 13.2 Å². The third-order valence-electron chi connectivity index (χ3n) is 4.82. The average molecular weight is 390 g/mol. The van der Waals surface area contributed by atoms with E-state index in [-0.39, 0.29) is 12.6 Å². The smallest absolute Gasteiger partial charge is 0.246 e. The molecule has 0 aromatic heterocycles. The fourth-order valence-electron chi connectivity index (χ4n) is 3.35. The Bertz CT molecular complexity index is 705. The van der Waals surface area contributed by atoms with Gasteiger partial charge in [0.1, 0.15) is 16.5 Å². The summed E-state index contributed by atoms with van der Waals surface area (Å²) in [5, 5.41) is 0. The fourth-order valence-corrected chi connectivity index (χ4v) is 5.07. The summed E-state index contributed by atoms with van der Waals surface area (Å²) in [4.78, 5) is 1.65. The van der Waals surface area contributed by atoms with Crippen molar-refractivity contribution in [3.05, 3.63) is 29.8 Å². The van der Waals surface area contributed by atoms with Gasteiger partial charge in [-0.2, -0.15) is 4.31 Å². The van der Waals surface area contributed by atoms with Crippen LogP contribution in [0.15, 0.2) is 23.1 Å². The molecule has 1 aromatic rings. The van der Waals surface area contributed by atoms with Crippen LogP contribution in [-0.4, -0.2) is 76.3 Å². The van der Waals surface area contributed by atoms with E-state index in [1.807, 2.05) is 0 Å². The summed E-state index contributed by atoms with van der Waals surface area (Å²) in [7, 11) is -4.07. The van der Waals surface area contributed by atoms with Crippen LogP contribution in [0.1, 0.15) is 12.8 Å². The van der Waals surface area contributed by atoms with Crippen molar-refractivity contribution in [1.82, 2.24) is 9.21 Å². The Morgan fingerprint density at radius 3 is 2.38 bits per heavy atom. The van der Waals surface area contributed by atoms with Crippen LogP contribution in [0.4, 0.5) is 8.78 Å². The maximum absolute atomic E-state index is 14.2. The van der Waals surface area contributed by atoms with Gasteiger partial charge in [0, 0.05) is 51.5 Å². The van der Waals surface area contributed by atoms with E-state index >= 15 is 0 Å². The van der Waals surface area contributed by atoms with Crippen LogP contribution >= 0.6 is 0 Å². The Hall–Kier alpha value is -1.13. The third-order valence-corrected chi connectivity index (χ3v) is 6.80. The first kappa shape index (κ1) is 19.6. The lowest BCUT2D eigenvalue weighted by molar-refractivity contribution is 0.0291. The number of ether oxygens (including phenoxy) is 2. The second-order valence-electron chi connectivity index (χ2n) is 6.49. The minimum atomic E-state index is -4.07. The molecule has 2 aliphatic rings. The molecule has 0 N–H and O–H groups in total. The lowest BCUT2D eigenvalue weighted by Gasteiger charge is -2.35. The molecule has 6 nitrogen and oxygen atoms in total. The van der Waals surface area contributed by atoms with Crippen molar-refractivity contribution >= 4 is 10.0 Å². The molecule has 2 saturated heterocycles. The van der Waals surface area contributed by atoms with Crippen molar-refractivity contribution in [3.63, 3.8) is 0 Å². The van der Waals surface area contributed by atoms with E-state index in [0.29, 0.717) is 51.9 Å². The predicted molar refractivity (Wildman–Crippen MR) is 91.3 cm³/mol. The highest BCUT2D eigenvalue weighted by molar-refractivity contribution is 7.89. The highest BCUT2D eigenvalue weighted by Crippen LogP contribution is 2.26. The van der Waals surface area contributed by atoms with Crippen molar-refractivity contribution in [2.24, 2.45) is 0 Å². The summed E-state index contributed by atoms with van der Waals surface area (Å²) in [5.41, 5.74) is 0. The highest BCUT2D eigenvalue weighted by Gasteiger charge is 2.34. The molecule has 0 radical (unpaired) electrons. The maximum Gasteiger partial charge on any atom is 0.246 e. The van der Waals surface area contributed by atoms with Crippen LogP contribution in [0.2, 0.25) is 0 Å². The van der Waals surface area contributed by atoms with Crippen molar-refractivity contribution < 1.29 is 26.7 Å². The van der Waals surface area contributed by atoms with Crippen LogP contribution in [-0.2, 0) is 19.5 Å². The number of nitrogens with zero attached hydrogens (tertiary/aromatic N) is 2. The summed E-state index contributed by atoms with van der Waals surface area (Å²) in [6.07, 6.45) is 1.12. The zero-order chi connectivity index (χ0) is 18.6. The lowest BCUT2D eigenvalue weighted by atomic mass is 10.1. The van der Waals surface area contributed by atoms with Crippen LogP contribution in [0.3, 0.4) is 0 Å². The SMILES string of the molecule is O=S(=O)(c1ccc(F)cc1F)N(CCN1CCOCC1)C1CCOCC1. The zero-order valence-electron chi connectivity index (χ0n) is 14.6. The van der Waals surface area contributed by atoms with Crippen LogP contribution in [0.25, 0.3) is 0 Å². The van der Waals surface area contributed by atoms with Crippen LogP contribution in [0.5, 0.6) is 0 Å². The highest BCUT2D eigenvalue weighted by atomic mass is 32.2. The van der Waals surface area contributed by atoms with E-state index in [2.05, 4.69) is 4.90 Å². The first-order valence-corrected chi connectivity index (χ1v) is 10.3. The van der Waals surface area contributed by atoms with Gasteiger partial charge in [0.15, 0.2) is 0 Å². The lowest BCUT2D eigenvalue weighted by Crippen LogP contribution is -2.48. The molecule has 2 heterocycles. The molecule has 1 aromatic carbocycles. The van der Waals surface area contributed by atoms with E-state index in [0.717, 1.165) is 25.2 Å². The van der Waals surface area contributed by atoms with Crippen molar-refractivity contribution in [1.29, 1.82) is 0 Å². The summed E-state index contributed by atoms with van der Waals surface area (Å²) < 4.78 is 65.6. The van der Waals surface area contributed by atoms with Gasteiger partial charge in [-0.1, -0.05) is 0 Å². The quantitative estimate of drug-likeness (QED) is 0.736. The molecule has 0 bridgehead atoms. The van der Waals surface area contributed by atoms with Crippen molar-refractivity contribution in [3.8, 4) is 0 Å². The molecule has 26 heavy (non-hydrogen) atoms. The van der Waals surface area contributed by atoms with Crippen molar-refractivity contribution in [2.45, 2.75) is 23.8 Å². The molecular weight excluding hydrogens is 366 g/mol. The third kappa shape index (κ3) is 4.58. The monoisotopic (exact) mass is 390 g/mol. The fraction of sp³-hybridized carbons (Fsp3) is 0.647. The number of sulfonamides is 1. The first-order valence-electron chi connectivity index (χ1n) is 8.83. The Morgan fingerprint density at radius 2 is 1.73 bits per heavy atom. The molecular formula is C17H24F2N2O4S. The molecule has 0 saturated carbocycles. The number of morpholine rings is 1. The summed E-state index contributed by atoms with van der Waals surface area (Å²) in [6.45, 7) is 4.47. The Labute approximate surface area is 152 Å². The summed E-state index contributed by atoms with van der Waals surface area (Å²) >= 11 is 0. The number of rotatable bonds is 6. The minimum Gasteiger partial charge on any atom is -0.381 e. The number of hydrogen-bond acceptors (Lipinski definition) is 5. The van der Waals surface area contributed by atoms with Gasteiger partial charge in [-0.3, -0.25) is 4.90 Å². The average Bonchev–Trinajstić information content (AvgIpc) is 2.63. The van der Waals surface area contributed by atoms with Crippen LogP contribution < -0.4 is 0 Å². The molecule has 146 valence electrons. The van der Waals surface area contributed by atoms with E-state index in [4.69, 9.17) is 9.47 Å². The topological polar surface area (TPSA) is 59.1 Å². The van der Waals surface area contributed by atoms with E-state index < -0.39 is 26.6 Å². The molecule has 0 aliphatic carbocycles. The van der Waals surface area contributed by atoms with Gasteiger partial charge in [0.2, 0.25) is 10.0 Å². The van der Waals surface area contributed by atoms with Crippen LogP contribution in [0, 0.1) is 11.6 Å². The zero-order valence-corrected chi connectivity index (χ0v) is 15.4. The molecule has 2 fully saturated rings. The normalized spacial score (nSPS) is 20.6. The molecule has 0 spiro atoms. The number of benzene rings is 1. The summed E-state index contributed by atoms with van der Waals surface area (Å²) in [6, 6.07) is 2.33. The molecule has 0 amide bonds. The Morgan fingerprint density at radius 1 is 1.08 bits per heavy atom. The Kier molecular flexibility index (Phi) is 6.57. The van der Waals surface area contributed by atoms with E-state index in [1.165, 1.54) is 4.31 Å². The summed E-state index contributed by atoms with van der Waals surface area (Å²) in [5.74, 6) is -1.86. The van der Waals surface area contributed by atoms with E-state index in [1.54, 1.807) is 0 Å². The molecule has 9 heteroatoms. The Balaban J connectivity index is 1.82. The van der Waals surface area contributed by atoms with Gasteiger partial charge in [-0.15, -0.1) is 0 Å². The second kappa shape index (κ2) is 8.71. The second-order valence-corrected chi connectivity index (χ2v) is 8.35. The van der Waals surface area contributed by atoms with Gasteiger partial charge in [-0.05, 0) is 25.0 Å². The predicted octanol–water partition coefficient (Wildman–Crippen LogP) is 1.47. The molecule has 3 rings (SSSR count). The van der Waals surface area contributed by atoms with Crippen molar-refractivity contribution in [2.75, 3.05) is 52.6 Å². The molecule has 0 atom stereocenters. The minimum absolute atomic E-state index is 0.251. The van der Waals surface area contributed by atoms with Gasteiger partial charge >= 0.3 is 0 Å². The van der Waals surface area contributed by atoms with Gasteiger partial charge in [-0.25, -0.2) is 17.2 Å². The van der Waals surface area contributed by atoms with Gasteiger partial charge < -0.3 is 9.47 Å². The first-order chi connectivity index (χ1) is 12.5. The number of halogens is 2. The maximum atomic E-state index is 14.2. The van der Waals surface area contributed by atoms with Gasteiger partial charge in [0.25, 0.3) is 0 Å². The molecule has 0 unspecified atom stereocenters. The molecule has 2 aliphatic heterocycles. The number of hydrogen-bond donors (Lipinski definition) is 0. The largest absolute Gasteiger partial charge is 0.381 e.